The molecule has 1 heterocycles. The van der Waals surface area contributed by atoms with E-state index in [1.165, 1.54) is 11.3 Å². The number of rotatable bonds is 5. The quantitative estimate of drug-likeness (QED) is 0.717. The predicted molar refractivity (Wildman–Crippen MR) is 93.0 cm³/mol. The normalized spacial score (nSPS) is 10.6. The topological polar surface area (TPSA) is 62.2 Å². The fourth-order valence-electron chi connectivity index (χ4n) is 2.48. The molecule has 0 fully saturated rings. The third kappa shape index (κ3) is 3.31. The number of hydrogen-bond acceptors (Lipinski definition) is 5. The fraction of sp³-hybridized carbons (Fsp3) is 0.158. The standard InChI is InChI=1S/C19H17NO3S/c1-12-7-9-13(10-8-12)18-16(11-17(21)22)24-19(20-18)14-5-3-4-6-15(14)23-2/h3-10H,11H2,1-2H3,(H,21,22)/p-1. The summed E-state index contributed by atoms with van der Waals surface area (Å²) in [6.45, 7) is 2.01. The minimum Gasteiger partial charge on any atom is -0.550 e. The number of carbonyl (C=O) groups excluding carboxylic acids is 1. The van der Waals surface area contributed by atoms with Gasteiger partial charge in [0.05, 0.1) is 18.4 Å². The van der Waals surface area contributed by atoms with Gasteiger partial charge in [0.1, 0.15) is 10.8 Å². The highest BCUT2D eigenvalue weighted by Gasteiger charge is 2.16. The van der Waals surface area contributed by atoms with E-state index in [0.717, 1.165) is 21.7 Å². The Morgan fingerprint density at radius 1 is 1.17 bits per heavy atom. The van der Waals surface area contributed by atoms with Crippen LogP contribution in [-0.2, 0) is 11.2 Å². The lowest BCUT2D eigenvalue weighted by Crippen LogP contribution is -2.24. The van der Waals surface area contributed by atoms with E-state index in [2.05, 4.69) is 4.98 Å². The lowest BCUT2D eigenvalue weighted by molar-refractivity contribution is -0.304. The fourth-order valence-corrected chi connectivity index (χ4v) is 3.58. The number of aliphatic carboxylic acids is 1. The number of aromatic nitrogens is 1. The second kappa shape index (κ2) is 6.84. The number of carboxylic acid groups (broad SMARTS) is 1. The lowest BCUT2D eigenvalue weighted by Gasteiger charge is -2.04. The van der Waals surface area contributed by atoms with Crippen molar-refractivity contribution in [2.24, 2.45) is 0 Å². The Hall–Kier alpha value is -2.66. The Kier molecular flexibility index (Phi) is 4.62. The van der Waals surface area contributed by atoms with Crippen LogP contribution in [0.2, 0.25) is 0 Å². The summed E-state index contributed by atoms with van der Waals surface area (Å²) >= 11 is 1.36. The zero-order valence-electron chi connectivity index (χ0n) is 13.4. The molecule has 0 saturated heterocycles. The molecule has 0 atom stereocenters. The van der Waals surface area contributed by atoms with Crippen molar-refractivity contribution in [3.8, 4) is 27.6 Å². The van der Waals surface area contributed by atoms with Gasteiger partial charge >= 0.3 is 0 Å². The highest BCUT2D eigenvalue weighted by atomic mass is 32.1. The van der Waals surface area contributed by atoms with Gasteiger partial charge in [0.2, 0.25) is 0 Å². The molecule has 3 rings (SSSR count). The van der Waals surface area contributed by atoms with Crippen molar-refractivity contribution in [2.45, 2.75) is 13.3 Å². The van der Waals surface area contributed by atoms with Crippen LogP contribution in [0.1, 0.15) is 10.4 Å². The van der Waals surface area contributed by atoms with E-state index in [4.69, 9.17) is 4.74 Å². The molecule has 1 aromatic heterocycles. The molecule has 0 N–H and O–H groups in total. The number of methoxy groups -OCH3 is 1. The van der Waals surface area contributed by atoms with Crippen LogP contribution >= 0.6 is 11.3 Å². The molecule has 0 aliphatic heterocycles. The van der Waals surface area contributed by atoms with Crippen LogP contribution in [-0.4, -0.2) is 18.1 Å². The first-order chi connectivity index (χ1) is 11.6. The molecular formula is C19H16NO3S-. The molecule has 4 nitrogen and oxygen atoms in total. The number of hydrogen-bond donors (Lipinski definition) is 0. The summed E-state index contributed by atoms with van der Waals surface area (Å²) in [7, 11) is 1.61. The SMILES string of the molecule is COc1ccccc1-c1nc(-c2ccc(C)cc2)c(CC(=O)[O-])s1. The molecule has 0 radical (unpaired) electrons. The summed E-state index contributed by atoms with van der Waals surface area (Å²) in [6, 6.07) is 15.5. The molecule has 0 amide bonds. The van der Waals surface area contributed by atoms with Crippen molar-refractivity contribution in [3.05, 3.63) is 59.0 Å². The average molecular weight is 338 g/mol. The minimum absolute atomic E-state index is 0.157. The number of ether oxygens (including phenoxy) is 1. The molecule has 3 aromatic rings. The maximum absolute atomic E-state index is 11.1. The van der Waals surface area contributed by atoms with Gasteiger partial charge in [-0.1, -0.05) is 42.0 Å². The van der Waals surface area contributed by atoms with Gasteiger partial charge in [-0.3, -0.25) is 0 Å². The van der Waals surface area contributed by atoms with Gasteiger partial charge in [0.15, 0.2) is 0 Å². The summed E-state index contributed by atoms with van der Waals surface area (Å²) in [5.74, 6) is -0.403. The average Bonchev–Trinajstić information content (AvgIpc) is 2.98. The zero-order chi connectivity index (χ0) is 17.1. The van der Waals surface area contributed by atoms with Gasteiger partial charge < -0.3 is 14.6 Å². The zero-order valence-corrected chi connectivity index (χ0v) is 14.2. The van der Waals surface area contributed by atoms with Crippen LogP contribution in [0.4, 0.5) is 0 Å². The molecule has 0 spiro atoms. The van der Waals surface area contributed by atoms with Crippen molar-refractivity contribution in [1.29, 1.82) is 0 Å². The van der Waals surface area contributed by atoms with Gasteiger partial charge in [0.25, 0.3) is 0 Å². The van der Waals surface area contributed by atoms with Gasteiger partial charge in [-0.15, -0.1) is 11.3 Å². The number of aryl methyl sites for hydroxylation is 1. The van der Waals surface area contributed by atoms with Crippen molar-refractivity contribution < 1.29 is 14.6 Å². The van der Waals surface area contributed by atoms with Gasteiger partial charge in [0, 0.05) is 22.8 Å². The Balaban J connectivity index is 2.12. The first-order valence-electron chi connectivity index (χ1n) is 7.48. The van der Waals surface area contributed by atoms with Crippen LogP contribution in [0.3, 0.4) is 0 Å². The van der Waals surface area contributed by atoms with E-state index in [1.807, 2.05) is 55.5 Å². The smallest absolute Gasteiger partial charge is 0.129 e. The van der Waals surface area contributed by atoms with E-state index in [1.54, 1.807) is 7.11 Å². The second-order valence-electron chi connectivity index (χ2n) is 5.41. The van der Waals surface area contributed by atoms with Crippen LogP contribution in [0.5, 0.6) is 5.75 Å². The van der Waals surface area contributed by atoms with Crippen LogP contribution in [0, 0.1) is 6.92 Å². The summed E-state index contributed by atoms with van der Waals surface area (Å²) < 4.78 is 5.39. The van der Waals surface area contributed by atoms with Crippen LogP contribution in [0.15, 0.2) is 48.5 Å². The molecule has 2 aromatic carbocycles. The molecule has 0 unspecified atom stereocenters. The molecule has 0 aliphatic rings. The monoisotopic (exact) mass is 338 g/mol. The van der Waals surface area contributed by atoms with Crippen molar-refractivity contribution in [2.75, 3.05) is 7.11 Å². The number of para-hydroxylation sites is 1. The Labute approximate surface area is 144 Å². The number of thiazole rings is 1. The summed E-state index contributed by atoms with van der Waals surface area (Å²) in [4.78, 5) is 16.5. The number of carbonyl (C=O) groups is 1. The van der Waals surface area contributed by atoms with Crippen molar-refractivity contribution in [3.63, 3.8) is 0 Å². The largest absolute Gasteiger partial charge is 0.550 e. The van der Waals surface area contributed by atoms with Gasteiger partial charge in [-0.05, 0) is 19.1 Å². The summed E-state index contributed by atoms with van der Waals surface area (Å²) in [6.07, 6.45) is -0.157. The minimum atomic E-state index is -1.11. The maximum atomic E-state index is 11.1. The van der Waals surface area contributed by atoms with Gasteiger partial charge in [-0.2, -0.15) is 0 Å². The van der Waals surface area contributed by atoms with E-state index >= 15 is 0 Å². The molecule has 0 aliphatic carbocycles. The maximum Gasteiger partial charge on any atom is 0.129 e. The highest BCUT2D eigenvalue weighted by Crippen LogP contribution is 2.38. The van der Waals surface area contributed by atoms with E-state index < -0.39 is 5.97 Å². The van der Waals surface area contributed by atoms with Crippen LogP contribution < -0.4 is 9.84 Å². The Bertz CT molecular complexity index is 869. The van der Waals surface area contributed by atoms with Crippen LogP contribution in [0.25, 0.3) is 21.8 Å². The second-order valence-corrected chi connectivity index (χ2v) is 6.49. The predicted octanol–water partition coefficient (Wildman–Crippen LogP) is 3.09. The highest BCUT2D eigenvalue weighted by molar-refractivity contribution is 7.15. The van der Waals surface area contributed by atoms with Crippen molar-refractivity contribution in [1.82, 2.24) is 4.98 Å². The van der Waals surface area contributed by atoms with E-state index in [9.17, 15) is 9.90 Å². The lowest BCUT2D eigenvalue weighted by atomic mass is 10.1. The summed E-state index contributed by atoms with van der Waals surface area (Å²) in [5, 5.41) is 11.9. The number of carboxylic acids is 1. The molecule has 0 saturated carbocycles. The molecule has 0 bridgehead atoms. The number of nitrogens with zero attached hydrogens (tertiary/aromatic N) is 1. The Morgan fingerprint density at radius 2 is 1.88 bits per heavy atom. The summed E-state index contributed by atoms with van der Waals surface area (Å²) in [5.41, 5.74) is 3.57. The molecule has 122 valence electrons. The molecule has 24 heavy (non-hydrogen) atoms. The third-order valence-electron chi connectivity index (χ3n) is 3.66. The Morgan fingerprint density at radius 3 is 2.54 bits per heavy atom. The van der Waals surface area contributed by atoms with E-state index in [0.29, 0.717) is 16.3 Å². The van der Waals surface area contributed by atoms with Gasteiger partial charge in [-0.25, -0.2) is 4.98 Å². The third-order valence-corrected chi connectivity index (χ3v) is 4.75. The van der Waals surface area contributed by atoms with Crippen molar-refractivity contribution >= 4 is 17.3 Å². The number of benzene rings is 2. The molecular weight excluding hydrogens is 322 g/mol. The first kappa shape index (κ1) is 16.2. The first-order valence-corrected chi connectivity index (χ1v) is 8.30. The molecule has 5 heteroatoms. The van der Waals surface area contributed by atoms with E-state index in [-0.39, 0.29) is 6.42 Å².